The number of likely N-dealkylation sites (N-methyl/N-ethyl adjacent to an activating group) is 4. The number of piperazine rings is 2. The summed E-state index contributed by atoms with van der Waals surface area (Å²) in [5.74, 6) is -0.313. The minimum Gasteiger partial charge on any atom is -0.308 e. The molecule has 0 radical (unpaired) electrons. The molecule has 8 nitrogen and oxygen atoms in total. The van der Waals surface area contributed by atoms with Gasteiger partial charge in [-0.25, -0.2) is 8.78 Å². The number of carbonyl (C=O) groups excluding carboxylic acids is 2. The highest BCUT2D eigenvalue weighted by Crippen LogP contribution is 2.33. The number of hydrogen-bond donors (Lipinski definition) is 0. The Kier molecular flexibility index (Phi) is 11.8. The van der Waals surface area contributed by atoms with Crippen molar-refractivity contribution in [3.63, 3.8) is 0 Å². The lowest BCUT2D eigenvalue weighted by Crippen LogP contribution is -2.56. The maximum absolute atomic E-state index is 14.3. The van der Waals surface area contributed by atoms with Crippen LogP contribution in [0.15, 0.2) is 48.5 Å². The van der Waals surface area contributed by atoms with E-state index < -0.39 is 0 Å². The fourth-order valence-electron chi connectivity index (χ4n) is 6.73. The monoisotopic (exact) mass is 638 g/mol. The van der Waals surface area contributed by atoms with Crippen molar-refractivity contribution in [1.82, 2.24) is 19.6 Å². The van der Waals surface area contributed by atoms with Gasteiger partial charge in [-0.2, -0.15) is 0 Å². The number of rotatable bonds is 8. The van der Waals surface area contributed by atoms with Gasteiger partial charge < -0.3 is 19.6 Å². The number of benzene rings is 2. The summed E-state index contributed by atoms with van der Waals surface area (Å²) in [5.41, 5.74) is 0.844. The molecule has 4 fully saturated rings. The molecular formula is C36H52F2N6O2. The molecule has 0 aromatic heterocycles. The normalized spacial score (nSPS) is 23.5. The highest BCUT2D eigenvalue weighted by molar-refractivity contribution is 5.96. The molecule has 4 aliphatic rings. The van der Waals surface area contributed by atoms with Gasteiger partial charge in [-0.1, -0.05) is 37.1 Å². The molecule has 0 bridgehead atoms. The van der Waals surface area contributed by atoms with Crippen LogP contribution in [0, 0.1) is 23.5 Å². The summed E-state index contributed by atoms with van der Waals surface area (Å²) in [5, 5.41) is 0. The summed E-state index contributed by atoms with van der Waals surface area (Å²) in [4.78, 5) is 38.2. The van der Waals surface area contributed by atoms with Gasteiger partial charge >= 0.3 is 0 Å². The molecule has 2 amide bonds. The van der Waals surface area contributed by atoms with E-state index in [-0.39, 0.29) is 47.4 Å². The van der Waals surface area contributed by atoms with Crippen LogP contribution < -0.4 is 9.80 Å². The van der Waals surface area contributed by atoms with Gasteiger partial charge in [0.1, 0.15) is 11.6 Å². The maximum Gasteiger partial charge on any atom is 0.230 e. The molecule has 0 N–H and O–H groups in total. The van der Waals surface area contributed by atoms with Gasteiger partial charge in [-0.15, -0.1) is 0 Å². The van der Waals surface area contributed by atoms with Crippen molar-refractivity contribution in [2.24, 2.45) is 11.8 Å². The first-order valence-corrected chi connectivity index (χ1v) is 17.0. The Morgan fingerprint density at radius 2 is 1.00 bits per heavy atom. The number of hydrogen-bond acceptors (Lipinski definition) is 6. The molecular weight excluding hydrogens is 586 g/mol. The van der Waals surface area contributed by atoms with E-state index in [9.17, 15) is 18.4 Å². The van der Waals surface area contributed by atoms with Gasteiger partial charge in [0.15, 0.2) is 0 Å². The molecule has 2 saturated heterocycles. The van der Waals surface area contributed by atoms with Gasteiger partial charge in [0.25, 0.3) is 0 Å². The number of amides is 2. The minimum atomic E-state index is -0.313. The van der Waals surface area contributed by atoms with Gasteiger partial charge in [0, 0.05) is 76.3 Å². The van der Waals surface area contributed by atoms with Crippen molar-refractivity contribution in [3.05, 3.63) is 60.2 Å². The zero-order valence-electron chi connectivity index (χ0n) is 28.1. The Bertz CT molecular complexity index is 1220. The van der Waals surface area contributed by atoms with Gasteiger partial charge in [-0.3, -0.25) is 19.4 Å². The van der Waals surface area contributed by atoms with Crippen molar-refractivity contribution >= 4 is 23.2 Å². The highest BCUT2D eigenvalue weighted by atomic mass is 19.1. The molecule has 46 heavy (non-hydrogen) atoms. The molecule has 2 aliphatic heterocycles. The lowest BCUT2D eigenvalue weighted by Gasteiger charge is -2.41. The van der Waals surface area contributed by atoms with Crippen LogP contribution in [0.25, 0.3) is 0 Å². The number of para-hydroxylation sites is 2. The van der Waals surface area contributed by atoms with Crippen molar-refractivity contribution in [2.75, 3.05) is 90.3 Å². The summed E-state index contributed by atoms with van der Waals surface area (Å²) in [7, 11) is 8.37. The lowest BCUT2D eigenvalue weighted by molar-refractivity contribution is -0.125. The van der Waals surface area contributed by atoms with Gasteiger partial charge in [-0.05, 0) is 78.1 Å². The third-order valence-electron chi connectivity index (χ3n) is 10.5. The number of halogens is 2. The zero-order chi connectivity index (χ0) is 32.8. The molecule has 2 unspecified atom stereocenters. The molecule has 2 atom stereocenters. The molecule has 2 heterocycles. The quantitative estimate of drug-likeness (QED) is 0.427. The largest absolute Gasteiger partial charge is 0.308 e. The fraction of sp³-hybridized carbons (Fsp3) is 0.611. The molecule has 252 valence electrons. The van der Waals surface area contributed by atoms with Gasteiger partial charge in [0.2, 0.25) is 11.8 Å². The summed E-state index contributed by atoms with van der Waals surface area (Å²) >= 11 is 0. The molecule has 0 spiro atoms. The van der Waals surface area contributed by atoms with E-state index in [0.717, 1.165) is 77.8 Å². The van der Waals surface area contributed by atoms with Crippen LogP contribution in [-0.2, 0) is 9.59 Å². The topological polar surface area (TPSA) is 53.6 Å². The molecule has 2 aromatic carbocycles. The predicted octanol–water partition coefficient (Wildman–Crippen LogP) is 4.41. The van der Waals surface area contributed by atoms with Crippen molar-refractivity contribution in [1.29, 1.82) is 0 Å². The Balaban J connectivity index is 0.000000181. The Labute approximate surface area is 273 Å². The third kappa shape index (κ3) is 8.32. The second-order valence-corrected chi connectivity index (χ2v) is 13.8. The van der Waals surface area contributed by atoms with E-state index >= 15 is 0 Å². The van der Waals surface area contributed by atoms with Crippen molar-refractivity contribution < 1.29 is 18.4 Å². The van der Waals surface area contributed by atoms with Crippen LogP contribution in [0.1, 0.15) is 38.5 Å². The molecule has 10 heteroatoms. The standard InChI is InChI=1S/2C18H26FN3O/c2*1-20-10-11-21(2)15(12-20)13-22(18(23)14-6-5-7-14)17-9-4-3-8-16(17)19/h2*3-4,8-9,14-15H,5-7,10-13H2,1-2H3. The van der Waals surface area contributed by atoms with E-state index in [1.165, 1.54) is 12.1 Å². The van der Waals surface area contributed by atoms with Crippen molar-refractivity contribution in [3.8, 4) is 0 Å². The van der Waals surface area contributed by atoms with Crippen LogP contribution >= 0.6 is 0 Å². The Morgan fingerprint density at radius 3 is 1.33 bits per heavy atom. The number of anilines is 2. The summed E-state index contributed by atoms with van der Waals surface area (Å²) < 4.78 is 28.6. The first-order chi connectivity index (χ1) is 22.1. The Hall–Kier alpha value is -2.92. The number of nitrogens with zero attached hydrogens (tertiary/aromatic N) is 6. The minimum absolute atomic E-state index is 0.0706. The first kappa shape index (κ1) is 34.4. The maximum atomic E-state index is 14.3. The average Bonchev–Trinajstić information content (AvgIpc) is 2.97. The van der Waals surface area contributed by atoms with E-state index in [2.05, 4.69) is 47.8 Å². The first-order valence-electron chi connectivity index (χ1n) is 17.0. The lowest BCUT2D eigenvalue weighted by atomic mass is 9.84. The van der Waals surface area contributed by atoms with E-state index in [1.54, 1.807) is 46.2 Å². The molecule has 2 saturated carbocycles. The van der Waals surface area contributed by atoms with E-state index in [1.807, 2.05) is 0 Å². The van der Waals surface area contributed by atoms with Crippen LogP contribution in [0.4, 0.5) is 20.2 Å². The second kappa shape index (κ2) is 15.8. The average molecular weight is 639 g/mol. The van der Waals surface area contributed by atoms with Crippen LogP contribution in [0.2, 0.25) is 0 Å². The second-order valence-electron chi connectivity index (χ2n) is 13.8. The zero-order valence-corrected chi connectivity index (χ0v) is 28.1. The van der Waals surface area contributed by atoms with E-state index in [0.29, 0.717) is 24.5 Å². The molecule has 2 aliphatic carbocycles. The Morgan fingerprint density at radius 1 is 0.630 bits per heavy atom. The third-order valence-corrected chi connectivity index (χ3v) is 10.5. The molecule has 6 rings (SSSR count). The van der Waals surface area contributed by atoms with Crippen LogP contribution in [0.5, 0.6) is 0 Å². The number of carbonyl (C=O) groups is 2. The van der Waals surface area contributed by atoms with E-state index in [4.69, 9.17) is 0 Å². The predicted molar refractivity (Wildman–Crippen MR) is 180 cm³/mol. The van der Waals surface area contributed by atoms with Gasteiger partial charge in [0.05, 0.1) is 11.4 Å². The van der Waals surface area contributed by atoms with Crippen molar-refractivity contribution in [2.45, 2.75) is 50.6 Å². The summed E-state index contributed by atoms with van der Waals surface area (Å²) in [6.07, 6.45) is 5.95. The SMILES string of the molecule is CN1CCN(C)C(CN(C(=O)C2CCC2)c2ccccc2F)C1.CN1CCN(C)C(CN(C(=O)C2CCC2)c2ccccc2F)C1. The fourth-order valence-corrected chi connectivity index (χ4v) is 6.73. The molecule has 2 aromatic rings. The van der Waals surface area contributed by atoms with Crippen LogP contribution in [0.3, 0.4) is 0 Å². The summed E-state index contributed by atoms with van der Waals surface area (Å²) in [6, 6.07) is 13.7. The van der Waals surface area contributed by atoms with Crippen LogP contribution in [-0.4, -0.2) is 124 Å². The summed E-state index contributed by atoms with van der Waals surface area (Å²) in [6.45, 7) is 6.92. The highest BCUT2D eigenvalue weighted by Gasteiger charge is 2.35. The smallest absolute Gasteiger partial charge is 0.230 e.